The lowest BCUT2D eigenvalue weighted by molar-refractivity contribution is -0.171. The molecule has 0 bridgehead atoms. The summed E-state index contributed by atoms with van der Waals surface area (Å²) in [5, 5.41) is 7.52. The first kappa shape index (κ1) is 17.6. The fraction of sp³-hybridized carbons (Fsp3) is 0.950. The molecule has 3 atom stereocenters. The van der Waals surface area contributed by atoms with E-state index in [1.165, 1.54) is 58.2 Å². The van der Waals surface area contributed by atoms with Crippen LogP contribution in [0.2, 0.25) is 0 Å². The van der Waals surface area contributed by atoms with E-state index in [-0.39, 0.29) is 0 Å². The van der Waals surface area contributed by atoms with Crippen LogP contribution in [0.5, 0.6) is 0 Å². The third kappa shape index (κ3) is 3.18. The highest BCUT2D eigenvalue weighted by Gasteiger charge is 2.66. The first-order chi connectivity index (χ1) is 12.1. The van der Waals surface area contributed by atoms with Crippen LogP contribution in [-0.2, 0) is 4.74 Å². The maximum Gasteiger partial charge on any atom is 0.191 e. The summed E-state index contributed by atoms with van der Waals surface area (Å²) in [6.07, 6.45) is 8.21. The molecule has 0 aromatic heterocycles. The number of nitrogens with zero attached hydrogens (tertiary/aromatic N) is 2. The number of piperidine rings is 1. The van der Waals surface area contributed by atoms with Crippen LogP contribution in [0.25, 0.3) is 0 Å². The van der Waals surface area contributed by atoms with E-state index in [1.807, 2.05) is 7.05 Å². The van der Waals surface area contributed by atoms with Gasteiger partial charge in [-0.1, -0.05) is 20.3 Å². The van der Waals surface area contributed by atoms with Crippen LogP contribution in [0, 0.1) is 17.3 Å². The monoisotopic (exact) mass is 348 g/mol. The molecule has 2 N–H and O–H groups in total. The minimum absolute atomic E-state index is 0.416. The molecule has 0 radical (unpaired) electrons. The van der Waals surface area contributed by atoms with Crippen molar-refractivity contribution in [2.45, 2.75) is 70.6 Å². The van der Waals surface area contributed by atoms with Crippen LogP contribution in [0.1, 0.15) is 52.4 Å². The molecule has 3 unspecified atom stereocenters. The van der Waals surface area contributed by atoms with Gasteiger partial charge in [0.15, 0.2) is 5.96 Å². The highest BCUT2D eigenvalue weighted by molar-refractivity contribution is 5.80. The van der Waals surface area contributed by atoms with Crippen LogP contribution in [-0.4, -0.2) is 62.3 Å². The standard InChI is InChI=1S/C20H36N4O/c1-14(2)13-24-10-5-15(6-11-24)22-19(21-3)23-17-16-7-12-25-18(16)20(17)8-4-9-20/h14-18H,4-13H2,1-3H3,(H2,21,22,23). The average Bonchev–Trinajstić information content (AvgIpc) is 2.96. The van der Waals surface area contributed by atoms with E-state index in [0.717, 1.165) is 18.5 Å². The van der Waals surface area contributed by atoms with Crippen LogP contribution >= 0.6 is 0 Å². The van der Waals surface area contributed by atoms with Gasteiger partial charge in [0.05, 0.1) is 6.10 Å². The van der Waals surface area contributed by atoms with Gasteiger partial charge in [0.2, 0.25) is 0 Å². The summed E-state index contributed by atoms with van der Waals surface area (Å²) < 4.78 is 6.04. The molecule has 4 rings (SSSR count). The normalized spacial score (nSPS) is 35.4. The fourth-order valence-corrected chi connectivity index (χ4v) is 5.74. The predicted molar refractivity (Wildman–Crippen MR) is 102 cm³/mol. The summed E-state index contributed by atoms with van der Waals surface area (Å²) in [6.45, 7) is 9.22. The molecule has 2 aliphatic carbocycles. The molecule has 4 aliphatic rings. The quantitative estimate of drug-likeness (QED) is 0.604. The molecule has 1 spiro atoms. The molecular weight excluding hydrogens is 312 g/mol. The summed E-state index contributed by atoms with van der Waals surface area (Å²) >= 11 is 0. The Hall–Kier alpha value is -0.810. The first-order valence-corrected chi connectivity index (χ1v) is 10.5. The molecule has 5 heteroatoms. The zero-order valence-corrected chi connectivity index (χ0v) is 16.3. The summed E-state index contributed by atoms with van der Waals surface area (Å²) in [4.78, 5) is 7.16. The van der Waals surface area contributed by atoms with Gasteiger partial charge < -0.3 is 20.3 Å². The second kappa shape index (κ2) is 7.07. The second-order valence-electron chi connectivity index (χ2n) is 9.14. The number of fused-ring (bicyclic) bond motifs is 2. The van der Waals surface area contributed by atoms with E-state index in [2.05, 4.69) is 34.4 Å². The number of likely N-dealkylation sites (tertiary alicyclic amines) is 1. The topological polar surface area (TPSA) is 48.9 Å². The Balaban J connectivity index is 1.29. The number of hydrogen-bond acceptors (Lipinski definition) is 3. The molecular formula is C20H36N4O. The van der Waals surface area contributed by atoms with Crippen molar-refractivity contribution in [1.82, 2.24) is 15.5 Å². The van der Waals surface area contributed by atoms with E-state index in [1.54, 1.807) is 0 Å². The zero-order chi connectivity index (χ0) is 17.4. The molecule has 0 amide bonds. The van der Waals surface area contributed by atoms with Crippen molar-refractivity contribution in [3.05, 3.63) is 0 Å². The summed E-state index contributed by atoms with van der Waals surface area (Å²) in [5.74, 6) is 2.48. The van der Waals surface area contributed by atoms with Crippen LogP contribution in [0.15, 0.2) is 4.99 Å². The van der Waals surface area contributed by atoms with E-state index in [0.29, 0.717) is 29.5 Å². The number of nitrogens with one attached hydrogen (secondary N) is 2. The van der Waals surface area contributed by atoms with Gasteiger partial charge in [-0.2, -0.15) is 0 Å². The molecule has 0 aromatic rings. The van der Waals surface area contributed by atoms with E-state index < -0.39 is 0 Å². The minimum atomic E-state index is 0.416. The predicted octanol–water partition coefficient (Wildman–Crippen LogP) is 2.23. The Labute approximate surface area is 153 Å². The number of aliphatic imine (C=N–C) groups is 1. The third-order valence-corrected chi connectivity index (χ3v) is 7.10. The lowest BCUT2D eigenvalue weighted by atomic mass is 9.46. The van der Waals surface area contributed by atoms with Crippen molar-refractivity contribution < 1.29 is 4.74 Å². The molecule has 2 saturated carbocycles. The molecule has 0 aromatic carbocycles. The zero-order valence-electron chi connectivity index (χ0n) is 16.3. The van der Waals surface area contributed by atoms with E-state index >= 15 is 0 Å². The Morgan fingerprint density at radius 3 is 2.56 bits per heavy atom. The maximum atomic E-state index is 6.04. The van der Waals surface area contributed by atoms with Gasteiger partial charge in [-0.05, 0) is 38.0 Å². The molecule has 25 heavy (non-hydrogen) atoms. The van der Waals surface area contributed by atoms with Gasteiger partial charge in [-0.25, -0.2) is 0 Å². The largest absolute Gasteiger partial charge is 0.377 e. The van der Waals surface area contributed by atoms with E-state index in [9.17, 15) is 0 Å². The molecule has 142 valence electrons. The van der Waals surface area contributed by atoms with Gasteiger partial charge in [0.1, 0.15) is 0 Å². The van der Waals surface area contributed by atoms with Gasteiger partial charge in [-0.15, -0.1) is 0 Å². The minimum Gasteiger partial charge on any atom is -0.377 e. The van der Waals surface area contributed by atoms with Gasteiger partial charge >= 0.3 is 0 Å². The smallest absolute Gasteiger partial charge is 0.191 e. The highest BCUT2D eigenvalue weighted by atomic mass is 16.5. The van der Waals surface area contributed by atoms with Gasteiger partial charge in [-0.3, -0.25) is 4.99 Å². The SMILES string of the molecule is CN=C(NC1CCN(CC(C)C)CC1)NC1C2CCOC2C12CCC2. The Morgan fingerprint density at radius 1 is 1.20 bits per heavy atom. The summed E-state index contributed by atoms with van der Waals surface area (Å²) in [5.41, 5.74) is 0.416. The number of hydrogen-bond donors (Lipinski definition) is 2. The van der Waals surface area contributed by atoms with Crippen LogP contribution < -0.4 is 10.6 Å². The van der Waals surface area contributed by atoms with Crippen molar-refractivity contribution in [3.8, 4) is 0 Å². The molecule has 4 fully saturated rings. The Bertz CT molecular complexity index is 494. The molecule has 2 aliphatic heterocycles. The number of ether oxygens (including phenoxy) is 1. The van der Waals surface area contributed by atoms with Crippen molar-refractivity contribution in [2.24, 2.45) is 22.2 Å². The lowest BCUT2D eigenvalue weighted by Gasteiger charge is -2.63. The van der Waals surface area contributed by atoms with Crippen molar-refractivity contribution >= 4 is 5.96 Å². The summed E-state index contributed by atoms with van der Waals surface area (Å²) in [7, 11) is 1.91. The lowest BCUT2D eigenvalue weighted by Crippen LogP contribution is -2.72. The average molecular weight is 349 g/mol. The third-order valence-electron chi connectivity index (χ3n) is 7.10. The van der Waals surface area contributed by atoms with Crippen LogP contribution in [0.4, 0.5) is 0 Å². The fourth-order valence-electron chi connectivity index (χ4n) is 5.74. The number of guanidine groups is 1. The molecule has 2 saturated heterocycles. The van der Waals surface area contributed by atoms with Crippen molar-refractivity contribution in [2.75, 3.05) is 33.3 Å². The van der Waals surface area contributed by atoms with Crippen molar-refractivity contribution in [1.29, 1.82) is 0 Å². The van der Waals surface area contributed by atoms with Crippen molar-refractivity contribution in [3.63, 3.8) is 0 Å². The molecule has 5 nitrogen and oxygen atoms in total. The Morgan fingerprint density at radius 2 is 1.96 bits per heavy atom. The maximum absolute atomic E-state index is 6.04. The van der Waals surface area contributed by atoms with E-state index in [4.69, 9.17) is 4.74 Å². The Kier molecular flexibility index (Phi) is 4.98. The first-order valence-electron chi connectivity index (χ1n) is 10.5. The number of rotatable bonds is 4. The molecule has 2 heterocycles. The highest BCUT2D eigenvalue weighted by Crippen LogP contribution is 2.62. The van der Waals surface area contributed by atoms with Gasteiger partial charge in [0.25, 0.3) is 0 Å². The second-order valence-corrected chi connectivity index (χ2v) is 9.14. The summed E-state index contributed by atoms with van der Waals surface area (Å²) in [6, 6.07) is 1.13. The van der Waals surface area contributed by atoms with Gasteiger partial charge in [0, 0.05) is 56.7 Å². The van der Waals surface area contributed by atoms with Crippen LogP contribution in [0.3, 0.4) is 0 Å².